The Morgan fingerprint density at radius 3 is 2.71 bits per heavy atom. The van der Waals surface area contributed by atoms with Crippen LogP contribution in [0.2, 0.25) is 5.02 Å². The SMILES string of the molecule is Cc1cccc(N=C2NCCN2)c1Cl. The second-order valence-corrected chi connectivity index (χ2v) is 3.60. The monoisotopic (exact) mass is 209 g/mol. The van der Waals surface area contributed by atoms with Crippen LogP contribution in [0.5, 0.6) is 0 Å². The molecule has 74 valence electrons. The smallest absolute Gasteiger partial charge is 0.196 e. The largest absolute Gasteiger partial charge is 0.354 e. The van der Waals surface area contributed by atoms with Gasteiger partial charge in [-0.25, -0.2) is 4.99 Å². The lowest BCUT2D eigenvalue weighted by Crippen LogP contribution is -2.23. The second-order valence-electron chi connectivity index (χ2n) is 3.22. The normalized spacial score (nSPS) is 14.9. The minimum absolute atomic E-state index is 0.718. The lowest BCUT2D eigenvalue weighted by Gasteiger charge is -2.03. The van der Waals surface area contributed by atoms with Crippen LogP contribution < -0.4 is 10.6 Å². The van der Waals surface area contributed by atoms with E-state index in [1.165, 1.54) is 0 Å². The zero-order chi connectivity index (χ0) is 9.97. The van der Waals surface area contributed by atoms with Crippen molar-refractivity contribution >= 4 is 23.2 Å². The minimum Gasteiger partial charge on any atom is -0.354 e. The molecule has 1 saturated heterocycles. The molecule has 3 nitrogen and oxygen atoms in total. The van der Waals surface area contributed by atoms with Crippen molar-refractivity contribution < 1.29 is 0 Å². The number of hydrogen-bond acceptors (Lipinski definition) is 1. The predicted octanol–water partition coefficient (Wildman–Crippen LogP) is 1.83. The summed E-state index contributed by atoms with van der Waals surface area (Å²) in [7, 11) is 0. The van der Waals surface area contributed by atoms with Crippen molar-refractivity contribution in [2.24, 2.45) is 4.99 Å². The molecule has 1 aliphatic heterocycles. The van der Waals surface area contributed by atoms with E-state index in [0.717, 1.165) is 35.3 Å². The molecule has 1 aromatic carbocycles. The van der Waals surface area contributed by atoms with Crippen molar-refractivity contribution in [3.8, 4) is 0 Å². The molecule has 0 amide bonds. The fourth-order valence-electron chi connectivity index (χ4n) is 1.34. The number of nitrogens with one attached hydrogen (secondary N) is 2. The molecule has 0 atom stereocenters. The quantitative estimate of drug-likeness (QED) is 0.741. The second kappa shape index (κ2) is 3.88. The van der Waals surface area contributed by atoms with Gasteiger partial charge in [0, 0.05) is 13.1 Å². The summed E-state index contributed by atoms with van der Waals surface area (Å²) >= 11 is 6.11. The van der Waals surface area contributed by atoms with E-state index in [1.54, 1.807) is 0 Å². The molecule has 0 unspecified atom stereocenters. The van der Waals surface area contributed by atoms with Crippen LogP contribution in [0.1, 0.15) is 5.56 Å². The van der Waals surface area contributed by atoms with Gasteiger partial charge in [-0.1, -0.05) is 23.7 Å². The number of halogens is 1. The topological polar surface area (TPSA) is 36.4 Å². The summed E-state index contributed by atoms with van der Waals surface area (Å²) in [6.07, 6.45) is 0. The lowest BCUT2D eigenvalue weighted by molar-refractivity contribution is 0.942. The third-order valence-corrected chi connectivity index (χ3v) is 2.61. The fraction of sp³-hybridized carbons (Fsp3) is 0.300. The highest BCUT2D eigenvalue weighted by Gasteiger charge is 2.07. The lowest BCUT2D eigenvalue weighted by atomic mass is 10.2. The van der Waals surface area contributed by atoms with E-state index >= 15 is 0 Å². The van der Waals surface area contributed by atoms with E-state index in [9.17, 15) is 0 Å². The zero-order valence-electron chi connectivity index (χ0n) is 7.97. The Morgan fingerprint density at radius 2 is 2.00 bits per heavy atom. The van der Waals surface area contributed by atoms with E-state index in [-0.39, 0.29) is 0 Å². The van der Waals surface area contributed by atoms with Crippen molar-refractivity contribution in [1.29, 1.82) is 0 Å². The van der Waals surface area contributed by atoms with E-state index in [2.05, 4.69) is 15.6 Å². The standard InChI is InChI=1S/C10H12ClN3/c1-7-3-2-4-8(9(7)11)14-10-12-5-6-13-10/h2-4H,5-6H2,1H3,(H2,12,13,14). The number of nitrogens with zero attached hydrogens (tertiary/aromatic N) is 1. The zero-order valence-corrected chi connectivity index (χ0v) is 8.73. The molecule has 2 rings (SSSR count). The average Bonchev–Trinajstić information content (AvgIpc) is 2.66. The van der Waals surface area contributed by atoms with Gasteiger partial charge in [0.25, 0.3) is 0 Å². The van der Waals surface area contributed by atoms with Crippen molar-refractivity contribution in [3.05, 3.63) is 28.8 Å². The summed E-state index contributed by atoms with van der Waals surface area (Å²) in [6.45, 7) is 3.81. The highest BCUT2D eigenvalue weighted by molar-refractivity contribution is 6.33. The number of aryl methyl sites for hydroxylation is 1. The summed E-state index contributed by atoms with van der Waals surface area (Å²) < 4.78 is 0. The molecule has 1 aliphatic rings. The number of hydrogen-bond donors (Lipinski definition) is 2. The number of aliphatic imine (C=N–C) groups is 1. The van der Waals surface area contributed by atoms with Gasteiger partial charge in [0.1, 0.15) is 0 Å². The first kappa shape index (κ1) is 9.34. The van der Waals surface area contributed by atoms with Gasteiger partial charge in [-0.3, -0.25) is 0 Å². The Kier molecular flexibility index (Phi) is 2.59. The first-order valence-electron chi connectivity index (χ1n) is 4.59. The Bertz CT molecular complexity index is 366. The molecule has 4 heteroatoms. The van der Waals surface area contributed by atoms with Gasteiger partial charge in [0.05, 0.1) is 10.7 Å². The molecular weight excluding hydrogens is 198 g/mol. The Morgan fingerprint density at radius 1 is 1.29 bits per heavy atom. The fourth-order valence-corrected chi connectivity index (χ4v) is 1.51. The van der Waals surface area contributed by atoms with Crippen LogP contribution in [0.15, 0.2) is 23.2 Å². The van der Waals surface area contributed by atoms with Crippen LogP contribution in [-0.4, -0.2) is 19.0 Å². The van der Waals surface area contributed by atoms with Crippen LogP contribution in [0.4, 0.5) is 5.69 Å². The molecule has 0 saturated carbocycles. The molecule has 2 N–H and O–H groups in total. The molecule has 14 heavy (non-hydrogen) atoms. The number of rotatable bonds is 1. The highest BCUT2D eigenvalue weighted by Crippen LogP contribution is 2.27. The molecule has 0 radical (unpaired) electrons. The van der Waals surface area contributed by atoms with Crippen LogP contribution in [0.3, 0.4) is 0 Å². The Balaban J connectivity index is 2.32. The van der Waals surface area contributed by atoms with Crippen molar-refractivity contribution in [2.45, 2.75) is 6.92 Å². The van der Waals surface area contributed by atoms with Crippen LogP contribution >= 0.6 is 11.6 Å². The van der Waals surface area contributed by atoms with Crippen molar-refractivity contribution in [1.82, 2.24) is 10.6 Å². The number of guanidine groups is 1. The summed E-state index contributed by atoms with van der Waals surface area (Å²) in [5, 5.41) is 6.98. The molecule has 1 fully saturated rings. The van der Waals surface area contributed by atoms with Gasteiger partial charge in [0.15, 0.2) is 5.96 Å². The maximum Gasteiger partial charge on any atom is 0.196 e. The van der Waals surface area contributed by atoms with Gasteiger partial charge in [-0.05, 0) is 18.6 Å². The van der Waals surface area contributed by atoms with E-state index in [4.69, 9.17) is 11.6 Å². The maximum atomic E-state index is 6.11. The van der Waals surface area contributed by atoms with Gasteiger partial charge in [-0.15, -0.1) is 0 Å². The summed E-state index contributed by atoms with van der Waals surface area (Å²) in [5.41, 5.74) is 1.86. The highest BCUT2D eigenvalue weighted by atomic mass is 35.5. The average molecular weight is 210 g/mol. The maximum absolute atomic E-state index is 6.11. The third kappa shape index (κ3) is 1.82. The molecule has 1 aromatic rings. The molecule has 0 bridgehead atoms. The van der Waals surface area contributed by atoms with E-state index in [0.29, 0.717) is 0 Å². The van der Waals surface area contributed by atoms with E-state index < -0.39 is 0 Å². The van der Waals surface area contributed by atoms with Crippen LogP contribution in [0, 0.1) is 6.92 Å². The van der Waals surface area contributed by atoms with Gasteiger partial charge in [-0.2, -0.15) is 0 Å². The summed E-state index contributed by atoms with van der Waals surface area (Å²) in [6, 6.07) is 5.83. The first-order chi connectivity index (χ1) is 6.77. The molecular formula is C10H12ClN3. The Labute approximate surface area is 88.2 Å². The van der Waals surface area contributed by atoms with Crippen molar-refractivity contribution in [2.75, 3.05) is 13.1 Å². The van der Waals surface area contributed by atoms with Crippen LogP contribution in [0.25, 0.3) is 0 Å². The third-order valence-electron chi connectivity index (χ3n) is 2.11. The molecule has 1 heterocycles. The van der Waals surface area contributed by atoms with Gasteiger partial charge >= 0.3 is 0 Å². The first-order valence-corrected chi connectivity index (χ1v) is 4.97. The predicted molar refractivity (Wildman–Crippen MR) is 59.3 cm³/mol. The Hall–Kier alpha value is -1.22. The number of benzene rings is 1. The van der Waals surface area contributed by atoms with Gasteiger partial charge < -0.3 is 10.6 Å². The molecule has 0 spiro atoms. The van der Waals surface area contributed by atoms with Gasteiger partial charge in [0.2, 0.25) is 0 Å². The van der Waals surface area contributed by atoms with Crippen molar-refractivity contribution in [3.63, 3.8) is 0 Å². The minimum atomic E-state index is 0.718. The summed E-state index contributed by atoms with van der Waals surface area (Å²) in [4.78, 5) is 4.38. The molecule has 0 aliphatic carbocycles. The van der Waals surface area contributed by atoms with Crippen LogP contribution in [-0.2, 0) is 0 Å². The summed E-state index contributed by atoms with van der Waals surface area (Å²) in [5.74, 6) is 0.803. The molecule has 0 aromatic heterocycles. The van der Waals surface area contributed by atoms with E-state index in [1.807, 2.05) is 25.1 Å².